The molecule has 126 valence electrons. The summed E-state index contributed by atoms with van der Waals surface area (Å²) in [5.41, 5.74) is 2.54. The summed E-state index contributed by atoms with van der Waals surface area (Å²) in [6.07, 6.45) is 0.954. The minimum absolute atomic E-state index is 0.204. The number of carbonyl (C=O) groups excluding carboxylic acids is 1. The average molecular weight is 323 g/mol. The Kier molecular flexibility index (Phi) is 5.85. The third-order valence-corrected chi connectivity index (χ3v) is 4.46. The van der Waals surface area contributed by atoms with Gasteiger partial charge < -0.3 is 15.1 Å². The number of rotatable bonds is 6. The number of piperazine rings is 1. The van der Waals surface area contributed by atoms with Crippen LogP contribution in [0.2, 0.25) is 0 Å². The van der Waals surface area contributed by atoms with Crippen molar-refractivity contribution in [3.8, 4) is 0 Å². The lowest BCUT2D eigenvalue weighted by atomic mass is 10.1. The molecule has 0 unspecified atom stereocenters. The first-order valence-electron chi connectivity index (χ1n) is 8.65. The van der Waals surface area contributed by atoms with E-state index in [0.717, 1.165) is 39.1 Å². The van der Waals surface area contributed by atoms with Crippen LogP contribution in [0, 0.1) is 0 Å². The zero-order chi connectivity index (χ0) is 16.6. The Balaban J connectivity index is 1.36. The van der Waals surface area contributed by atoms with Crippen LogP contribution in [0.3, 0.4) is 0 Å². The molecule has 0 saturated carbocycles. The molecular formula is C20H25N3O. The van der Waals surface area contributed by atoms with Gasteiger partial charge in [0.1, 0.15) is 0 Å². The third kappa shape index (κ3) is 4.59. The van der Waals surface area contributed by atoms with Crippen LogP contribution in [0.1, 0.15) is 5.56 Å². The molecule has 0 bridgehead atoms. The molecule has 3 rings (SSSR count). The van der Waals surface area contributed by atoms with Crippen molar-refractivity contribution >= 4 is 11.6 Å². The first kappa shape index (κ1) is 16.5. The van der Waals surface area contributed by atoms with Crippen molar-refractivity contribution in [2.75, 3.05) is 44.2 Å². The number of amides is 1. The molecule has 0 atom stereocenters. The summed E-state index contributed by atoms with van der Waals surface area (Å²) in [4.78, 5) is 16.6. The summed E-state index contributed by atoms with van der Waals surface area (Å²) in [6.45, 7) is 4.67. The highest BCUT2D eigenvalue weighted by atomic mass is 16.2. The quantitative estimate of drug-likeness (QED) is 0.828. The predicted octanol–water partition coefficient (Wildman–Crippen LogP) is 2.17. The lowest BCUT2D eigenvalue weighted by Gasteiger charge is -2.36. The maximum absolute atomic E-state index is 12.3. The SMILES string of the molecule is O=C(CNCCc1ccccc1)N1CCN(c2ccccc2)CC1. The molecule has 24 heavy (non-hydrogen) atoms. The lowest BCUT2D eigenvalue weighted by molar-refractivity contribution is -0.130. The van der Waals surface area contributed by atoms with Gasteiger partial charge in [0.2, 0.25) is 5.91 Å². The number of nitrogens with one attached hydrogen (secondary N) is 1. The largest absolute Gasteiger partial charge is 0.368 e. The molecule has 2 aromatic carbocycles. The number of para-hydroxylation sites is 1. The van der Waals surface area contributed by atoms with E-state index < -0.39 is 0 Å². The Morgan fingerprint density at radius 3 is 2.17 bits per heavy atom. The highest BCUT2D eigenvalue weighted by molar-refractivity contribution is 5.78. The maximum Gasteiger partial charge on any atom is 0.236 e. The zero-order valence-corrected chi connectivity index (χ0v) is 14.0. The first-order valence-corrected chi connectivity index (χ1v) is 8.65. The van der Waals surface area contributed by atoms with Gasteiger partial charge in [-0.1, -0.05) is 48.5 Å². The van der Waals surface area contributed by atoms with Crippen LogP contribution in [0.4, 0.5) is 5.69 Å². The number of nitrogens with zero attached hydrogens (tertiary/aromatic N) is 2. The van der Waals surface area contributed by atoms with Crippen LogP contribution in [-0.2, 0) is 11.2 Å². The lowest BCUT2D eigenvalue weighted by Crippen LogP contribution is -2.51. The minimum atomic E-state index is 0.204. The monoisotopic (exact) mass is 323 g/mol. The second kappa shape index (κ2) is 8.50. The summed E-state index contributed by atoms with van der Waals surface area (Å²) in [5.74, 6) is 0.204. The smallest absolute Gasteiger partial charge is 0.236 e. The fourth-order valence-corrected chi connectivity index (χ4v) is 3.04. The van der Waals surface area contributed by atoms with Crippen molar-refractivity contribution in [2.45, 2.75) is 6.42 Å². The highest BCUT2D eigenvalue weighted by Gasteiger charge is 2.20. The van der Waals surface area contributed by atoms with Gasteiger partial charge in [-0.05, 0) is 30.7 Å². The number of hydrogen-bond acceptors (Lipinski definition) is 3. The van der Waals surface area contributed by atoms with Gasteiger partial charge in [-0.2, -0.15) is 0 Å². The molecule has 0 radical (unpaired) electrons. The molecule has 1 saturated heterocycles. The van der Waals surface area contributed by atoms with Gasteiger partial charge in [-0.15, -0.1) is 0 Å². The van der Waals surface area contributed by atoms with Gasteiger partial charge in [0.15, 0.2) is 0 Å². The van der Waals surface area contributed by atoms with Crippen LogP contribution in [-0.4, -0.2) is 50.1 Å². The number of anilines is 1. The van der Waals surface area contributed by atoms with Crippen LogP contribution in [0.5, 0.6) is 0 Å². The molecule has 4 heteroatoms. The molecule has 2 aromatic rings. The number of benzene rings is 2. The summed E-state index contributed by atoms with van der Waals surface area (Å²) >= 11 is 0. The molecule has 0 spiro atoms. The van der Waals surface area contributed by atoms with Crippen molar-refractivity contribution in [1.29, 1.82) is 0 Å². The summed E-state index contributed by atoms with van der Waals surface area (Å²) in [7, 11) is 0. The zero-order valence-electron chi connectivity index (χ0n) is 14.0. The van der Waals surface area contributed by atoms with Gasteiger partial charge in [0, 0.05) is 31.9 Å². The maximum atomic E-state index is 12.3. The fourth-order valence-electron chi connectivity index (χ4n) is 3.04. The van der Waals surface area contributed by atoms with Crippen molar-refractivity contribution in [3.63, 3.8) is 0 Å². The molecule has 0 aromatic heterocycles. The van der Waals surface area contributed by atoms with Gasteiger partial charge >= 0.3 is 0 Å². The Morgan fingerprint density at radius 2 is 1.50 bits per heavy atom. The predicted molar refractivity (Wildman–Crippen MR) is 98.3 cm³/mol. The molecule has 1 heterocycles. The second-order valence-electron chi connectivity index (χ2n) is 6.12. The summed E-state index contributed by atoms with van der Waals surface area (Å²) < 4.78 is 0. The average Bonchev–Trinajstić information content (AvgIpc) is 2.67. The molecule has 1 fully saturated rings. The van der Waals surface area contributed by atoms with Gasteiger partial charge in [0.05, 0.1) is 6.54 Å². The first-order chi connectivity index (χ1) is 11.8. The van der Waals surface area contributed by atoms with E-state index in [-0.39, 0.29) is 5.91 Å². The molecule has 4 nitrogen and oxygen atoms in total. The van der Waals surface area contributed by atoms with E-state index >= 15 is 0 Å². The fraction of sp³-hybridized carbons (Fsp3) is 0.350. The molecule has 0 aliphatic carbocycles. The topological polar surface area (TPSA) is 35.6 Å². The standard InChI is InChI=1S/C20H25N3O/c24-20(17-21-12-11-18-7-3-1-4-8-18)23-15-13-22(14-16-23)19-9-5-2-6-10-19/h1-10,21H,11-17H2. The van der Waals surface area contributed by atoms with Crippen molar-refractivity contribution in [2.24, 2.45) is 0 Å². The van der Waals surface area contributed by atoms with Crippen LogP contribution >= 0.6 is 0 Å². The van der Waals surface area contributed by atoms with E-state index in [0.29, 0.717) is 6.54 Å². The van der Waals surface area contributed by atoms with E-state index in [1.807, 2.05) is 29.2 Å². The normalized spacial score (nSPS) is 14.7. The third-order valence-electron chi connectivity index (χ3n) is 4.46. The van der Waals surface area contributed by atoms with Crippen LogP contribution in [0.25, 0.3) is 0 Å². The molecule has 1 aliphatic heterocycles. The molecule has 1 N–H and O–H groups in total. The Bertz CT molecular complexity index is 622. The van der Waals surface area contributed by atoms with Gasteiger partial charge in [-0.25, -0.2) is 0 Å². The van der Waals surface area contributed by atoms with Crippen LogP contribution in [0.15, 0.2) is 60.7 Å². The molecule has 1 amide bonds. The number of carbonyl (C=O) groups is 1. The van der Waals surface area contributed by atoms with E-state index in [9.17, 15) is 4.79 Å². The second-order valence-corrected chi connectivity index (χ2v) is 6.12. The Hall–Kier alpha value is -2.33. The van der Waals surface area contributed by atoms with Gasteiger partial charge in [0.25, 0.3) is 0 Å². The van der Waals surface area contributed by atoms with E-state index in [4.69, 9.17) is 0 Å². The summed E-state index contributed by atoms with van der Waals surface area (Å²) in [5, 5.41) is 3.27. The van der Waals surface area contributed by atoms with E-state index in [1.165, 1.54) is 11.3 Å². The highest BCUT2D eigenvalue weighted by Crippen LogP contribution is 2.15. The Morgan fingerprint density at radius 1 is 0.875 bits per heavy atom. The van der Waals surface area contributed by atoms with Gasteiger partial charge in [-0.3, -0.25) is 4.79 Å². The van der Waals surface area contributed by atoms with Crippen molar-refractivity contribution in [3.05, 3.63) is 66.2 Å². The van der Waals surface area contributed by atoms with Crippen molar-refractivity contribution < 1.29 is 4.79 Å². The van der Waals surface area contributed by atoms with Crippen LogP contribution < -0.4 is 10.2 Å². The minimum Gasteiger partial charge on any atom is -0.368 e. The Labute approximate surface area is 144 Å². The van der Waals surface area contributed by atoms with Crippen molar-refractivity contribution in [1.82, 2.24) is 10.2 Å². The van der Waals surface area contributed by atoms with E-state index in [1.54, 1.807) is 0 Å². The molecular weight excluding hydrogens is 298 g/mol. The number of hydrogen-bond donors (Lipinski definition) is 1. The summed E-state index contributed by atoms with van der Waals surface area (Å²) in [6, 6.07) is 20.8. The molecule has 1 aliphatic rings. The van der Waals surface area contributed by atoms with E-state index in [2.05, 4.69) is 46.6 Å².